The van der Waals surface area contributed by atoms with Crippen LogP contribution < -0.4 is 4.74 Å². The van der Waals surface area contributed by atoms with Crippen molar-refractivity contribution in [2.45, 2.75) is 61.4 Å². The lowest BCUT2D eigenvalue weighted by molar-refractivity contribution is -0.283. The summed E-state index contributed by atoms with van der Waals surface area (Å²) < 4.78 is 67.5. The molecular formula is C75H54O48. The van der Waals surface area contributed by atoms with E-state index in [1.807, 2.05) is 0 Å². The van der Waals surface area contributed by atoms with Gasteiger partial charge in [0.05, 0.1) is 44.5 Å². The lowest BCUT2D eigenvalue weighted by Gasteiger charge is -2.43. The molecule has 4 heterocycles. The number of carbonyl (C=O) groups is 9. The number of aliphatic hydroxyl groups excluding tert-OH is 1. The molecule has 642 valence electrons. The first-order valence-corrected chi connectivity index (χ1v) is 34.1. The van der Waals surface area contributed by atoms with Gasteiger partial charge in [0.1, 0.15) is 31.0 Å². The largest absolute Gasteiger partial charge is 0.504 e. The number of cyclic esters (lactones) is 2. The van der Waals surface area contributed by atoms with Crippen LogP contribution in [0.3, 0.4) is 0 Å². The highest BCUT2D eigenvalue weighted by molar-refractivity contribution is 6.10. The third-order valence-electron chi connectivity index (χ3n) is 18.9. The predicted molar refractivity (Wildman–Crippen MR) is 380 cm³/mol. The fourth-order valence-corrected chi connectivity index (χ4v) is 12.9. The molecule has 13 rings (SSSR count). The molecule has 4 aliphatic heterocycles. The molecule has 2 saturated heterocycles. The lowest BCUT2D eigenvalue weighted by Crippen LogP contribution is -2.63. The molecule has 9 aromatic rings. The van der Waals surface area contributed by atoms with Crippen LogP contribution in [0.4, 0.5) is 0 Å². The fourth-order valence-electron chi connectivity index (χ4n) is 12.9. The number of aromatic hydroxyl groups is 26. The van der Waals surface area contributed by atoms with E-state index in [1.165, 1.54) is 0 Å². The molecule has 0 radical (unpaired) electrons. The number of esters is 9. The van der Waals surface area contributed by atoms with E-state index in [0.717, 1.165) is 0 Å². The van der Waals surface area contributed by atoms with Crippen LogP contribution in [0.2, 0.25) is 0 Å². The summed E-state index contributed by atoms with van der Waals surface area (Å²) in [5.41, 5.74) is -15.2. The molecule has 4 aliphatic rings. The number of hydrogen-bond acceptors (Lipinski definition) is 48. The van der Waals surface area contributed by atoms with Crippen molar-refractivity contribution in [1.29, 1.82) is 0 Å². The van der Waals surface area contributed by atoms with Crippen LogP contribution in [-0.2, 0) is 52.1 Å². The molecule has 48 nitrogen and oxygen atoms in total. The van der Waals surface area contributed by atoms with Crippen LogP contribution in [0.25, 0.3) is 22.3 Å². The molecule has 123 heavy (non-hydrogen) atoms. The molecule has 0 aromatic heterocycles. The predicted octanol–water partition coefficient (Wildman–Crippen LogP) is 2.75. The summed E-state index contributed by atoms with van der Waals surface area (Å²) in [4.78, 5) is 131. The molecule has 0 aliphatic carbocycles. The average Bonchev–Trinajstić information content (AvgIpc) is 1.73. The number of ether oxygens (including phenoxy) is 12. The average molecular weight is 1720 g/mol. The van der Waals surface area contributed by atoms with Crippen molar-refractivity contribution in [3.63, 3.8) is 0 Å². The first-order valence-electron chi connectivity index (χ1n) is 34.1. The van der Waals surface area contributed by atoms with E-state index in [1.54, 1.807) is 0 Å². The van der Waals surface area contributed by atoms with Gasteiger partial charge < -0.3 is 195 Å². The number of benzene rings is 9. The van der Waals surface area contributed by atoms with E-state index in [9.17, 15) is 171 Å². The van der Waals surface area contributed by atoms with Crippen molar-refractivity contribution in [1.82, 2.24) is 0 Å². The molecule has 0 amide bonds. The van der Waals surface area contributed by atoms with Gasteiger partial charge in [-0.1, -0.05) is 0 Å². The number of rotatable bonds is 12. The Morgan fingerprint density at radius 2 is 0.569 bits per heavy atom. The molecule has 27 N–H and O–H groups in total. The highest BCUT2D eigenvalue weighted by Crippen LogP contribution is 2.57. The molecule has 0 saturated carbocycles. The standard InChI is InChI=1S/C75H54O48/c76-25-1-16(2-26(77)44(25)88)65(103)119-62-58(102)74(115-38-14-112-69(107)20-9-32(83)48(92)53(97)40(20)42-22(71(109)117-60(38)62)11-34(85)50(94)55(42)99)122-68(106)19-7-31(82)47(91)37(8-19)114-59-24(13-36(87)52(96)57(59)101)73(111)121-64-63(120-66(104)17-3-27(78)45(89)28(79)4-17)61-39(116-75(64)123-67(105)18-5-29(80)46(90)30(81)6-18)15-113-70(108)21-10-33(84)49(93)54(98)41(21)43-23(72(110)118-61)12-35(86)51(95)56(43)100/h1-13,38-39,58,60-64,74-102H,14-15H2. The number of fused-ring (bicyclic) bond motifs is 8. The minimum atomic E-state index is -3.05. The van der Waals surface area contributed by atoms with E-state index in [4.69, 9.17) is 56.8 Å². The second-order valence-corrected chi connectivity index (χ2v) is 26.5. The van der Waals surface area contributed by atoms with Gasteiger partial charge in [-0.25, -0.2) is 43.2 Å². The lowest BCUT2D eigenvalue weighted by atomic mass is 9.92. The molecule has 2 fully saturated rings. The summed E-state index contributed by atoms with van der Waals surface area (Å²) in [7, 11) is 0. The molecule has 48 heteroatoms. The minimum absolute atomic E-state index is 0.121. The number of carbonyl (C=O) groups excluding carboxylic acids is 9. The second kappa shape index (κ2) is 31.3. The smallest absolute Gasteiger partial charge is 0.342 e. The fraction of sp³-hybridized carbons (Fsp3) is 0.160. The first kappa shape index (κ1) is 83.6. The maximum Gasteiger partial charge on any atom is 0.342 e. The van der Waals surface area contributed by atoms with E-state index < -0.39 is 362 Å². The van der Waals surface area contributed by atoms with Crippen molar-refractivity contribution < 1.29 is 238 Å². The zero-order chi connectivity index (χ0) is 89.7. The van der Waals surface area contributed by atoms with Crippen LogP contribution in [0, 0.1) is 0 Å². The highest BCUT2D eigenvalue weighted by atomic mass is 16.8. The van der Waals surface area contributed by atoms with Gasteiger partial charge in [0, 0.05) is 28.3 Å². The Hall–Kier alpha value is -17.3. The molecule has 9 aromatic carbocycles. The topological polar surface area (TPSA) is 811 Å². The number of phenols is 26. The maximum absolute atomic E-state index is 15.4. The van der Waals surface area contributed by atoms with E-state index in [0.29, 0.717) is 66.7 Å². The van der Waals surface area contributed by atoms with Crippen LogP contribution >= 0.6 is 0 Å². The summed E-state index contributed by atoms with van der Waals surface area (Å²) >= 11 is 0. The number of phenolic OH excluding ortho intramolecular Hbond substituents is 26. The Morgan fingerprint density at radius 1 is 0.285 bits per heavy atom. The van der Waals surface area contributed by atoms with Gasteiger partial charge in [-0.3, -0.25) is 0 Å². The van der Waals surface area contributed by atoms with Gasteiger partial charge in [0.2, 0.25) is 58.9 Å². The van der Waals surface area contributed by atoms with Gasteiger partial charge in [0.15, 0.2) is 151 Å². The van der Waals surface area contributed by atoms with Crippen molar-refractivity contribution in [3.05, 3.63) is 129 Å². The number of aliphatic hydroxyl groups is 1. The monoisotopic (exact) mass is 1720 g/mol. The van der Waals surface area contributed by atoms with Gasteiger partial charge in [-0.15, -0.1) is 0 Å². The van der Waals surface area contributed by atoms with E-state index in [-0.39, 0.29) is 12.1 Å². The Kier molecular flexibility index (Phi) is 21.3. The van der Waals surface area contributed by atoms with Gasteiger partial charge in [-0.05, 0) is 72.8 Å². The summed E-state index contributed by atoms with van der Waals surface area (Å²) in [5.74, 6) is -57.5. The highest BCUT2D eigenvalue weighted by Gasteiger charge is 2.57. The third-order valence-corrected chi connectivity index (χ3v) is 18.9. The van der Waals surface area contributed by atoms with E-state index in [2.05, 4.69) is 0 Å². The van der Waals surface area contributed by atoms with E-state index >= 15 is 9.59 Å². The molecule has 10 atom stereocenters. The van der Waals surface area contributed by atoms with Crippen LogP contribution in [0.1, 0.15) is 93.2 Å². The molecular weight excluding hydrogens is 1670 g/mol. The maximum atomic E-state index is 15.4. The Balaban J connectivity index is 0.894. The quantitative estimate of drug-likeness (QED) is 0.0475. The Morgan fingerprint density at radius 3 is 0.951 bits per heavy atom. The van der Waals surface area contributed by atoms with Crippen LogP contribution in [0.5, 0.6) is 161 Å². The zero-order valence-corrected chi connectivity index (χ0v) is 60.3. The summed E-state index contributed by atoms with van der Waals surface area (Å²) in [5, 5.41) is 292. The Labute approximate surface area is 676 Å². The normalized spacial score (nSPS) is 19.8. The third kappa shape index (κ3) is 14.8. The minimum Gasteiger partial charge on any atom is -0.504 e. The van der Waals surface area contributed by atoms with Gasteiger partial charge in [-0.2, -0.15) is 0 Å². The van der Waals surface area contributed by atoms with Crippen molar-refractivity contribution in [2.24, 2.45) is 0 Å². The van der Waals surface area contributed by atoms with Crippen molar-refractivity contribution in [2.75, 3.05) is 13.2 Å². The van der Waals surface area contributed by atoms with Crippen molar-refractivity contribution in [3.8, 4) is 183 Å². The van der Waals surface area contributed by atoms with Gasteiger partial charge in [0.25, 0.3) is 0 Å². The van der Waals surface area contributed by atoms with Gasteiger partial charge >= 0.3 is 53.7 Å². The molecule has 10 unspecified atom stereocenters. The van der Waals surface area contributed by atoms with Crippen molar-refractivity contribution >= 4 is 53.7 Å². The molecule has 0 spiro atoms. The molecule has 0 bridgehead atoms. The SMILES string of the molecule is O=C(OC1OC2COC(=O)c3cc(O)c(O)c(O)c3-c3c(cc(O)c(O)c3O)C(=O)OC2C(OC(=O)c2cc(O)c(O)c(O)c2)C1O)c1cc(O)c(O)c(Oc2c(C(=O)OC3C(OC(=O)c4cc(O)c(O)c(O)c4)OC4COC(=O)c5cc(O)c(O)c(O)c5-c5c(cc(O)c(O)c5O)C(=O)OC4C3OC(=O)c3cc(O)c(O)c(O)c3)cc(O)c(O)c2O)c1. The summed E-state index contributed by atoms with van der Waals surface area (Å²) in [6.45, 7) is -2.93. The van der Waals surface area contributed by atoms with Crippen LogP contribution in [-0.4, -0.2) is 266 Å². The number of hydrogen-bond donors (Lipinski definition) is 27. The zero-order valence-electron chi connectivity index (χ0n) is 60.3. The second-order valence-electron chi connectivity index (χ2n) is 26.5. The first-order chi connectivity index (χ1) is 57.9. The summed E-state index contributed by atoms with van der Waals surface area (Å²) in [6.07, 6.45) is -27.4. The Bertz CT molecular complexity index is 6000. The summed E-state index contributed by atoms with van der Waals surface area (Å²) in [6, 6.07) is 4.59. The van der Waals surface area contributed by atoms with Crippen LogP contribution in [0.15, 0.2) is 78.9 Å².